The number of hydrogen-bond acceptors (Lipinski definition) is 4. The van der Waals surface area contributed by atoms with E-state index >= 15 is 0 Å². The first-order valence-electron chi connectivity index (χ1n) is 11.9. The van der Waals surface area contributed by atoms with Crippen molar-refractivity contribution in [3.05, 3.63) is 82.8 Å². The second kappa shape index (κ2) is 10.8. The van der Waals surface area contributed by atoms with Gasteiger partial charge in [0.05, 0.1) is 17.6 Å². The number of aryl methyl sites for hydroxylation is 1. The number of rotatable bonds is 8. The summed E-state index contributed by atoms with van der Waals surface area (Å²) in [4.78, 5) is 16.8. The van der Waals surface area contributed by atoms with Gasteiger partial charge < -0.3 is 0 Å². The second-order valence-electron chi connectivity index (χ2n) is 10.3. The molecule has 3 aromatic rings. The number of aromatic nitrogens is 1. The number of alkyl halides is 3. The average molecular weight is 551 g/mol. The number of carbonyl (C=O) groups is 1. The summed E-state index contributed by atoms with van der Waals surface area (Å²) in [6.45, 7) is 7.69. The lowest BCUT2D eigenvalue weighted by Gasteiger charge is -2.20. The van der Waals surface area contributed by atoms with E-state index in [9.17, 15) is 30.8 Å². The fraction of sp³-hybridized carbons (Fsp3) is 0.357. The number of nitrogens with zero attached hydrogens (tertiary/aromatic N) is 1. The standard InChI is InChI=1S/C28H30F4N2O3S/c1-17(20-8-13-23(22(29)16-20)34-38(5,36)37)24(35)14-9-19-10-15-25(28(30,31)32)33-26(19)18-6-11-21(12-7-18)27(2,3)4/h6-8,10-13,15-17,34H,9,14H2,1-5H3. The minimum Gasteiger partial charge on any atom is -0.299 e. The highest BCUT2D eigenvalue weighted by Crippen LogP contribution is 2.33. The molecule has 0 spiro atoms. The second-order valence-corrected chi connectivity index (χ2v) is 12.1. The van der Waals surface area contributed by atoms with E-state index in [4.69, 9.17) is 0 Å². The number of hydrogen-bond donors (Lipinski definition) is 1. The summed E-state index contributed by atoms with van der Waals surface area (Å²) in [5.41, 5.74) is 1.14. The van der Waals surface area contributed by atoms with Crippen molar-refractivity contribution in [2.75, 3.05) is 11.0 Å². The van der Waals surface area contributed by atoms with E-state index in [0.717, 1.165) is 24.0 Å². The lowest BCUT2D eigenvalue weighted by molar-refractivity contribution is -0.141. The number of benzene rings is 2. The van der Waals surface area contributed by atoms with Gasteiger partial charge in [-0.25, -0.2) is 17.8 Å². The molecule has 0 bridgehead atoms. The lowest BCUT2D eigenvalue weighted by Crippen LogP contribution is -2.14. The van der Waals surface area contributed by atoms with Gasteiger partial charge >= 0.3 is 6.18 Å². The van der Waals surface area contributed by atoms with Crippen LogP contribution in [0.15, 0.2) is 54.6 Å². The highest BCUT2D eigenvalue weighted by molar-refractivity contribution is 7.92. The molecular weight excluding hydrogens is 520 g/mol. The molecule has 0 amide bonds. The SMILES string of the molecule is CC(C(=O)CCc1ccc(C(F)(F)F)nc1-c1ccc(C(C)(C)C)cc1)c1ccc(NS(C)(=O)=O)c(F)c1. The van der Waals surface area contributed by atoms with E-state index < -0.39 is 33.6 Å². The molecule has 5 nitrogen and oxygen atoms in total. The monoisotopic (exact) mass is 550 g/mol. The van der Waals surface area contributed by atoms with Crippen LogP contribution in [-0.2, 0) is 32.8 Å². The van der Waals surface area contributed by atoms with Gasteiger partial charge in [-0.05, 0) is 46.7 Å². The van der Waals surface area contributed by atoms with E-state index in [1.54, 1.807) is 19.1 Å². The zero-order chi connectivity index (χ0) is 28.5. The fourth-order valence-corrected chi connectivity index (χ4v) is 4.53. The first kappa shape index (κ1) is 29.3. The largest absolute Gasteiger partial charge is 0.433 e. The Kier molecular flexibility index (Phi) is 8.36. The van der Waals surface area contributed by atoms with E-state index in [1.807, 2.05) is 32.9 Å². The van der Waals surface area contributed by atoms with Crippen LogP contribution >= 0.6 is 0 Å². The van der Waals surface area contributed by atoms with Crippen molar-refractivity contribution < 1.29 is 30.8 Å². The Hall–Kier alpha value is -3.27. The molecule has 0 radical (unpaired) electrons. The van der Waals surface area contributed by atoms with Gasteiger partial charge in [0.25, 0.3) is 0 Å². The highest BCUT2D eigenvalue weighted by atomic mass is 32.2. The van der Waals surface area contributed by atoms with Crippen LogP contribution in [0.5, 0.6) is 0 Å². The maximum absolute atomic E-state index is 14.4. The molecule has 0 aliphatic heterocycles. The van der Waals surface area contributed by atoms with Crippen molar-refractivity contribution in [1.82, 2.24) is 4.98 Å². The summed E-state index contributed by atoms with van der Waals surface area (Å²) < 4.78 is 79.4. The van der Waals surface area contributed by atoms with Gasteiger partial charge in [0, 0.05) is 17.9 Å². The maximum Gasteiger partial charge on any atom is 0.433 e. The molecule has 1 atom stereocenters. The third-order valence-corrected chi connectivity index (χ3v) is 6.80. The molecule has 0 saturated heterocycles. The van der Waals surface area contributed by atoms with Crippen molar-refractivity contribution >= 4 is 21.5 Å². The van der Waals surface area contributed by atoms with Crippen LogP contribution in [-0.4, -0.2) is 25.4 Å². The first-order valence-corrected chi connectivity index (χ1v) is 13.8. The molecule has 1 N–H and O–H groups in total. The maximum atomic E-state index is 14.4. The minimum atomic E-state index is -4.62. The Labute approximate surface area is 220 Å². The quantitative estimate of drug-likeness (QED) is 0.310. The van der Waals surface area contributed by atoms with Crippen LogP contribution in [0, 0.1) is 5.82 Å². The summed E-state index contributed by atoms with van der Waals surface area (Å²) in [6.07, 6.45) is -3.59. The molecule has 3 rings (SSSR count). The van der Waals surface area contributed by atoms with Crippen molar-refractivity contribution in [3.63, 3.8) is 0 Å². The number of sulfonamides is 1. The van der Waals surface area contributed by atoms with Gasteiger partial charge in [-0.3, -0.25) is 9.52 Å². The third-order valence-electron chi connectivity index (χ3n) is 6.21. The summed E-state index contributed by atoms with van der Waals surface area (Å²) in [5, 5.41) is 0. The molecule has 2 aromatic carbocycles. The van der Waals surface area contributed by atoms with Gasteiger partial charge in [0.1, 0.15) is 17.3 Å². The summed E-state index contributed by atoms with van der Waals surface area (Å²) >= 11 is 0. The molecule has 0 fully saturated rings. The predicted octanol–water partition coefficient (Wildman–Crippen LogP) is 6.88. The van der Waals surface area contributed by atoms with Crippen LogP contribution in [0.25, 0.3) is 11.3 Å². The van der Waals surface area contributed by atoms with Gasteiger partial charge in [-0.1, -0.05) is 64.1 Å². The molecule has 204 valence electrons. The van der Waals surface area contributed by atoms with E-state index in [0.29, 0.717) is 16.7 Å². The van der Waals surface area contributed by atoms with Crippen LogP contribution in [0.4, 0.5) is 23.2 Å². The Bertz CT molecular complexity index is 1430. The zero-order valence-corrected chi connectivity index (χ0v) is 22.6. The molecule has 1 heterocycles. The number of halogens is 4. The first-order chi connectivity index (χ1) is 17.5. The Morgan fingerprint density at radius 3 is 2.16 bits per heavy atom. The summed E-state index contributed by atoms with van der Waals surface area (Å²) in [5.74, 6) is -1.78. The lowest BCUT2D eigenvalue weighted by atomic mass is 9.86. The highest BCUT2D eigenvalue weighted by Gasteiger charge is 2.33. The van der Waals surface area contributed by atoms with Gasteiger partial charge in [0.2, 0.25) is 10.0 Å². The Balaban J connectivity index is 1.85. The van der Waals surface area contributed by atoms with E-state index in [1.165, 1.54) is 18.2 Å². The van der Waals surface area contributed by atoms with Crippen molar-refractivity contribution in [1.29, 1.82) is 0 Å². The molecule has 1 aromatic heterocycles. The van der Waals surface area contributed by atoms with Crippen molar-refractivity contribution in [2.24, 2.45) is 0 Å². The Morgan fingerprint density at radius 1 is 1.00 bits per heavy atom. The Morgan fingerprint density at radius 2 is 1.63 bits per heavy atom. The molecule has 1 unspecified atom stereocenters. The minimum absolute atomic E-state index is 0.00769. The molecular formula is C28H30F4N2O3S. The van der Waals surface area contributed by atoms with E-state index in [2.05, 4.69) is 9.71 Å². The predicted molar refractivity (Wildman–Crippen MR) is 140 cm³/mol. The van der Waals surface area contributed by atoms with Crippen LogP contribution in [0.3, 0.4) is 0 Å². The summed E-state index contributed by atoms with van der Waals surface area (Å²) in [6, 6.07) is 13.2. The molecule has 0 aliphatic rings. The smallest absolute Gasteiger partial charge is 0.299 e. The van der Waals surface area contributed by atoms with Crippen LogP contribution in [0.2, 0.25) is 0 Å². The number of nitrogens with one attached hydrogen (secondary N) is 1. The van der Waals surface area contributed by atoms with Crippen LogP contribution in [0.1, 0.15) is 62.4 Å². The third kappa shape index (κ3) is 7.40. The van der Waals surface area contributed by atoms with Gasteiger partial charge in [0.15, 0.2) is 0 Å². The van der Waals surface area contributed by atoms with Crippen molar-refractivity contribution in [2.45, 2.75) is 58.0 Å². The summed E-state index contributed by atoms with van der Waals surface area (Å²) in [7, 11) is -3.67. The number of ketones is 1. The zero-order valence-electron chi connectivity index (χ0n) is 21.8. The number of pyridine rings is 1. The van der Waals surface area contributed by atoms with E-state index in [-0.39, 0.29) is 35.4 Å². The topological polar surface area (TPSA) is 76.1 Å². The number of anilines is 1. The fourth-order valence-electron chi connectivity index (χ4n) is 3.97. The molecule has 10 heteroatoms. The van der Waals surface area contributed by atoms with Gasteiger partial charge in [-0.2, -0.15) is 13.2 Å². The van der Waals surface area contributed by atoms with Gasteiger partial charge in [-0.15, -0.1) is 0 Å². The van der Waals surface area contributed by atoms with Crippen LogP contribution < -0.4 is 4.72 Å². The number of Topliss-reactive ketones (excluding diaryl/α,β-unsaturated/α-hetero) is 1. The number of carbonyl (C=O) groups excluding carboxylic acids is 1. The molecule has 0 saturated carbocycles. The molecule has 0 aliphatic carbocycles. The molecule has 38 heavy (non-hydrogen) atoms. The average Bonchev–Trinajstić information content (AvgIpc) is 2.81. The van der Waals surface area contributed by atoms with Crippen molar-refractivity contribution in [3.8, 4) is 11.3 Å². The normalized spacial score (nSPS) is 13.3.